The van der Waals surface area contributed by atoms with Gasteiger partial charge in [-0.3, -0.25) is 0 Å². The van der Waals surface area contributed by atoms with Crippen LogP contribution < -0.4 is 5.69 Å². The topological polar surface area (TPSA) is 80.2 Å². The second kappa shape index (κ2) is 5.57. The molecule has 0 saturated carbocycles. The highest BCUT2D eigenvalue weighted by atomic mass is 16.6. The highest BCUT2D eigenvalue weighted by Gasteiger charge is 2.25. The normalized spacial score (nSPS) is 14.5. The van der Waals surface area contributed by atoms with Crippen molar-refractivity contribution in [3.63, 3.8) is 0 Å². The highest BCUT2D eigenvalue weighted by molar-refractivity contribution is 5.68. The third-order valence-corrected chi connectivity index (χ3v) is 3.68. The number of hydrogen-bond donors (Lipinski definition) is 1. The van der Waals surface area contributed by atoms with E-state index in [-0.39, 0.29) is 11.8 Å². The molecule has 1 amide bonds. The molecule has 7 heteroatoms. The van der Waals surface area contributed by atoms with E-state index in [0.29, 0.717) is 13.1 Å². The van der Waals surface area contributed by atoms with E-state index in [1.54, 1.807) is 4.90 Å². The maximum Gasteiger partial charge on any atom is 0.410 e. The van der Waals surface area contributed by atoms with E-state index in [0.717, 1.165) is 23.2 Å². The van der Waals surface area contributed by atoms with Gasteiger partial charge < -0.3 is 9.64 Å². The van der Waals surface area contributed by atoms with Crippen LogP contribution in [0.4, 0.5) is 4.79 Å². The molecule has 1 aromatic carbocycles. The quantitative estimate of drug-likeness (QED) is 0.870. The number of hydrogen-bond acceptors (Lipinski definition) is 4. The number of carbonyl (C=O) groups excluding carboxylic acids is 1. The molecule has 1 aliphatic heterocycles. The Morgan fingerprint density at radius 2 is 2.09 bits per heavy atom. The molecule has 2 heterocycles. The molecule has 0 unspecified atom stereocenters. The fourth-order valence-electron chi connectivity index (χ4n) is 2.60. The van der Waals surface area contributed by atoms with Crippen molar-refractivity contribution >= 4 is 6.09 Å². The minimum atomic E-state index is -0.496. The molecule has 0 bridgehead atoms. The highest BCUT2D eigenvalue weighted by Crippen LogP contribution is 2.23. The molecule has 0 aliphatic carbocycles. The summed E-state index contributed by atoms with van der Waals surface area (Å²) in [5.41, 5.74) is 2.21. The predicted molar refractivity (Wildman–Crippen MR) is 84.5 cm³/mol. The summed E-state index contributed by atoms with van der Waals surface area (Å²) in [5.74, 6) is 0. The molecule has 2 aromatic rings. The van der Waals surface area contributed by atoms with Gasteiger partial charge in [-0.2, -0.15) is 5.10 Å². The molecule has 23 heavy (non-hydrogen) atoms. The van der Waals surface area contributed by atoms with E-state index >= 15 is 0 Å². The second-order valence-corrected chi connectivity index (χ2v) is 6.64. The van der Waals surface area contributed by atoms with Crippen molar-refractivity contribution in [3.05, 3.63) is 46.1 Å². The maximum absolute atomic E-state index is 12.2. The number of rotatable bonds is 1. The zero-order chi connectivity index (χ0) is 16.6. The molecule has 1 aliphatic rings. The van der Waals surface area contributed by atoms with Gasteiger partial charge in [-0.1, -0.05) is 6.07 Å². The van der Waals surface area contributed by atoms with Crippen LogP contribution in [-0.2, 0) is 17.7 Å². The monoisotopic (exact) mass is 316 g/mol. The molecular weight excluding hydrogens is 296 g/mol. The van der Waals surface area contributed by atoms with E-state index in [4.69, 9.17) is 4.74 Å². The zero-order valence-electron chi connectivity index (χ0n) is 13.5. The van der Waals surface area contributed by atoms with Crippen molar-refractivity contribution in [1.82, 2.24) is 19.7 Å². The number of aromatic nitrogens is 3. The van der Waals surface area contributed by atoms with Crippen LogP contribution >= 0.6 is 0 Å². The second-order valence-electron chi connectivity index (χ2n) is 6.64. The third-order valence-electron chi connectivity index (χ3n) is 3.68. The van der Waals surface area contributed by atoms with Gasteiger partial charge in [0.25, 0.3) is 0 Å². The number of benzene rings is 1. The number of aromatic amines is 1. The van der Waals surface area contributed by atoms with Crippen LogP contribution in [0, 0.1) is 0 Å². The summed E-state index contributed by atoms with van der Waals surface area (Å²) in [5, 5.41) is 6.11. The lowest BCUT2D eigenvalue weighted by atomic mass is 9.99. The van der Waals surface area contributed by atoms with Crippen molar-refractivity contribution in [2.75, 3.05) is 6.54 Å². The number of amides is 1. The SMILES string of the molecule is CC(C)(C)OC(=O)N1CCc2cc(-n3cn[nH]c3=O)ccc2C1. The molecule has 1 aromatic heterocycles. The average Bonchev–Trinajstić information content (AvgIpc) is 2.90. The van der Waals surface area contributed by atoms with Gasteiger partial charge >= 0.3 is 11.8 Å². The minimum Gasteiger partial charge on any atom is -0.444 e. The van der Waals surface area contributed by atoms with Crippen molar-refractivity contribution in [2.24, 2.45) is 0 Å². The van der Waals surface area contributed by atoms with Gasteiger partial charge in [0.15, 0.2) is 0 Å². The van der Waals surface area contributed by atoms with Crippen LogP contribution in [0.3, 0.4) is 0 Å². The first-order valence-electron chi connectivity index (χ1n) is 7.55. The number of nitrogens with one attached hydrogen (secondary N) is 1. The van der Waals surface area contributed by atoms with E-state index in [1.165, 1.54) is 10.9 Å². The first-order chi connectivity index (χ1) is 10.8. The number of ether oxygens (including phenoxy) is 1. The first kappa shape index (κ1) is 15.3. The van der Waals surface area contributed by atoms with Crippen LogP contribution in [-0.4, -0.2) is 37.9 Å². The van der Waals surface area contributed by atoms with Crippen molar-refractivity contribution < 1.29 is 9.53 Å². The lowest BCUT2D eigenvalue weighted by Crippen LogP contribution is -2.39. The molecule has 0 radical (unpaired) electrons. The fourth-order valence-corrected chi connectivity index (χ4v) is 2.60. The summed E-state index contributed by atoms with van der Waals surface area (Å²) in [6.07, 6.45) is 1.90. The molecule has 122 valence electrons. The van der Waals surface area contributed by atoms with Crippen molar-refractivity contribution in [2.45, 2.75) is 39.3 Å². The summed E-state index contributed by atoms with van der Waals surface area (Å²) >= 11 is 0. The van der Waals surface area contributed by atoms with E-state index in [2.05, 4.69) is 10.2 Å². The smallest absolute Gasteiger partial charge is 0.410 e. The van der Waals surface area contributed by atoms with Gasteiger partial charge in [0.1, 0.15) is 11.9 Å². The van der Waals surface area contributed by atoms with Gasteiger partial charge in [0, 0.05) is 13.1 Å². The Kier molecular flexibility index (Phi) is 3.71. The molecule has 1 N–H and O–H groups in total. The number of fused-ring (bicyclic) bond motifs is 1. The maximum atomic E-state index is 12.2. The van der Waals surface area contributed by atoms with Gasteiger partial charge in [0.05, 0.1) is 5.69 Å². The van der Waals surface area contributed by atoms with Crippen LogP contribution in [0.5, 0.6) is 0 Å². The number of carbonyl (C=O) groups is 1. The Balaban J connectivity index is 1.79. The molecule has 3 rings (SSSR count). The third kappa shape index (κ3) is 3.28. The summed E-state index contributed by atoms with van der Waals surface area (Å²) < 4.78 is 6.88. The lowest BCUT2D eigenvalue weighted by molar-refractivity contribution is 0.0224. The van der Waals surface area contributed by atoms with Crippen molar-refractivity contribution in [3.8, 4) is 5.69 Å². The lowest BCUT2D eigenvalue weighted by Gasteiger charge is -2.31. The molecule has 7 nitrogen and oxygen atoms in total. The van der Waals surface area contributed by atoms with Crippen LogP contribution in [0.1, 0.15) is 31.9 Å². The number of H-pyrrole nitrogens is 1. The van der Waals surface area contributed by atoms with Crippen molar-refractivity contribution in [1.29, 1.82) is 0 Å². The Labute approximate surface area is 133 Å². The molecule has 0 spiro atoms. The average molecular weight is 316 g/mol. The summed E-state index contributed by atoms with van der Waals surface area (Å²) in [4.78, 5) is 25.5. The Hall–Kier alpha value is -2.57. The first-order valence-corrected chi connectivity index (χ1v) is 7.55. The zero-order valence-corrected chi connectivity index (χ0v) is 13.5. The van der Waals surface area contributed by atoms with Gasteiger partial charge in [-0.25, -0.2) is 19.3 Å². The summed E-state index contributed by atoms with van der Waals surface area (Å²) in [6.45, 7) is 6.70. The summed E-state index contributed by atoms with van der Waals surface area (Å²) in [7, 11) is 0. The van der Waals surface area contributed by atoms with Crippen LogP contribution in [0.25, 0.3) is 5.69 Å². The molecule has 0 fully saturated rings. The van der Waals surface area contributed by atoms with E-state index in [1.807, 2.05) is 39.0 Å². The summed E-state index contributed by atoms with van der Waals surface area (Å²) in [6, 6.07) is 5.77. The van der Waals surface area contributed by atoms with Gasteiger partial charge in [-0.05, 0) is 50.5 Å². The molecule has 0 atom stereocenters. The Morgan fingerprint density at radius 1 is 1.30 bits per heavy atom. The molecule has 0 saturated heterocycles. The number of nitrogens with zero attached hydrogens (tertiary/aromatic N) is 3. The fraction of sp³-hybridized carbons (Fsp3) is 0.438. The van der Waals surface area contributed by atoms with Gasteiger partial charge in [0.2, 0.25) is 0 Å². The molecular formula is C16H20N4O3. The standard InChI is InChI=1S/C16H20N4O3/c1-16(2,3)23-15(22)19-7-6-11-8-13(5-4-12(11)9-19)20-10-17-18-14(20)21/h4-5,8,10H,6-7,9H2,1-3H3,(H,18,21). The largest absolute Gasteiger partial charge is 0.444 e. The Morgan fingerprint density at radius 3 is 2.74 bits per heavy atom. The van der Waals surface area contributed by atoms with Crippen LogP contribution in [0.15, 0.2) is 29.3 Å². The minimum absolute atomic E-state index is 0.267. The van der Waals surface area contributed by atoms with Gasteiger partial charge in [-0.15, -0.1) is 0 Å². The van der Waals surface area contributed by atoms with E-state index in [9.17, 15) is 9.59 Å². The predicted octanol–water partition coefficient (Wildman–Crippen LogP) is 1.85. The van der Waals surface area contributed by atoms with E-state index < -0.39 is 5.60 Å². The van der Waals surface area contributed by atoms with Crippen LogP contribution in [0.2, 0.25) is 0 Å². The Bertz CT molecular complexity index is 785.